The molecule has 2 fully saturated rings. The van der Waals surface area contributed by atoms with Gasteiger partial charge >= 0.3 is 0 Å². The Morgan fingerprint density at radius 1 is 1.08 bits per heavy atom. The summed E-state index contributed by atoms with van der Waals surface area (Å²) in [6.45, 7) is 14.7. The maximum Gasteiger partial charge on any atom is 0.258 e. The van der Waals surface area contributed by atoms with Crippen LogP contribution in [0.3, 0.4) is 0 Å². The Morgan fingerprint density at radius 3 is 2.59 bits per heavy atom. The van der Waals surface area contributed by atoms with Crippen molar-refractivity contribution < 1.29 is 4.74 Å². The molecule has 208 valence electrons. The number of halogens is 1. The smallest absolute Gasteiger partial charge is 0.258 e. The van der Waals surface area contributed by atoms with Gasteiger partial charge in [-0.3, -0.25) is 4.90 Å². The lowest BCUT2D eigenvalue weighted by molar-refractivity contribution is 0.0960. The van der Waals surface area contributed by atoms with E-state index in [1.807, 2.05) is 16.5 Å². The minimum Gasteiger partial charge on any atom is -0.376 e. The summed E-state index contributed by atoms with van der Waals surface area (Å²) in [6.07, 6.45) is 5.23. The highest BCUT2D eigenvalue weighted by atomic mass is 35.5. The number of aromatic nitrogens is 6. The van der Waals surface area contributed by atoms with Gasteiger partial charge < -0.3 is 14.2 Å². The van der Waals surface area contributed by atoms with Crippen molar-refractivity contribution in [1.82, 2.24) is 34.0 Å². The van der Waals surface area contributed by atoms with E-state index < -0.39 is 0 Å². The van der Waals surface area contributed by atoms with E-state index in [1.165, 1.54) is 5.56 Å². The predicted octanol–water partition coefficient (Wildman–Crippen LogP) is 5.30. The zero-order valence-electron chi connectivity index (χ0n) is 23.6. The number of benzene rings is 1. The Morgan fingerprint density at radius 2 is 1.87 bits per heavy atom. The van der Waals surface area contributed by atoms with E-state index in [-0.39, 0.29) is 12.1 Å². The van der Waals surface area contributed by atoms with Crippen LogP contribution in [0.5, 0.6) is 0 Å². The lowest BCUT2D eigenvalue weighted by Crippen LogP contribution is -2.57. The fraction of sp³-hybridized carbons (Fsp3) is 0.586. The van der Waals surface area contributed by atoms with Crippen LogP contribution in [0.25, 0.3) is 16.9 Å². The number of hydrogen-bond donors (Lipinski definition) is 0. The topological polar surface area (TPSA) is 76.6 Å². The number of ether oxygens (including phenoxy) is 1. The van der Waals surface area contributed by atoms with Crippen LogP contribution in [-0.4, -0.2) is 71.9 Å². The van der Waals surface area contributed by atoms with Crippen LogP contribution in [0.4, 0.5) is 5.82 Å². The Bertz CT molecular complexity index is 1440. The minimum absolute atomic E-state index is 0.206. The van der Waals surface area contributed by atoms with Crippen molar-refractivity contribution in [3.63, 3.8) is 0 Å². The van der Waals surface area contributed by atoms with Gasteiger partial charge in [-0.1, -0.05) is 37.6 Å². The number of hydrogen-bond acceptors (Lipinski definition) is 7. The molecule has 0 radical (unpaired) electrons. The molecule has 0 N–H and O–H groups in total. The summed E-state index contributed by atoms with van der Waals surface area (Å²) in [6, 6.07) is 9.30. The summed E-state index contributed by atoms with van der Waals surface area (Å²) >= 11 is 6.23. The zero-order valence-corrected chi connectivity index (χ0v) is 24.3. The van der Waals surface area contributed by atoms with Gasteiger partial charge in [-0.05, 0) is 63.6 Å². The molecule has 3 aromatic heterocycles. The molecule has 4 atom stereocenters. The molecule has 1 unspecified atom stereocenters. The van der Waals surface area contributed by atoms with Gasteiger partial charge in [0.2, 0.25) is 0 Å². The van der Waals surface area contributed by atoms with Crippen LogP contribution in [0, 0.1) is 12.8 Å². The van der Waals surface area contributed by atoms with Crippen molar-refractivity contribution in [3.05, 3.63) is 47.0 Å². The average molecular weight is 551 g/mol. The predicted molar refractivity (Wildman–Crippen MR) is 154 cm³/mol. The van der Waals surface area contributed by atoms with Gasteiger partial charge in [0.1, 0.15) is 17.7 Å². The largest absolute Gasteiger partial charge is 0.376 e. The van der Waals surface area contributed by atoms with E-state index in [9.17, 15) is 0 Å². The molecule has 10 heteroatoms. The van der Waals surface area contributed by atoms with E-state index >= 15 is 0 Å². The standard InChI is InChI=1S/C29H39ClN8O/c1-18(2)13-25(22-8-10-23(30)11-9-22)35-14-20(4)36(15-19(35)3)27-26-28(38-17-31-34-29(38)33-27)37(21(5)32-26)16-24-7-6-12-39-24/h8-11,17-20,24-25H,6-7,12-16H2,1-5H3/t19-,20+,24+,25?/m1/s1. The van der Waals surface area contributed by atoms with Gasteiger partial charge in [0, 0.05) is 42.8 Å². The van der Waals surface area contributed by atoms with E-state index in [0.717, 1.165) is 73.3 Å². The summed E-state index contributed by atoms with van der Waals surface area (Å²) < 4.78 is 10.2. The molecule has 5 heterocycles. The number of aryl methyl sites for hydroxylation is 1. The van der Waals surface area contributed by atoms with Gasteiger partial charge in [0.25, 0.3) is 5.78 Å². The number of nitrogens with zero attached hydrogens (tertiary/aromatic N) is 8. The molecule has 2 saturated heterocycles. The Labute approximate surface area is 235 Å². The van der Waals surface area contributed by atoms with Gasteiger partial charge in [0.05, 0.1) is 12.6 Å². The van der Waals surface area contributed by atoms with Gasteiger partial charge in [-0.2, -0.15) is 4.98 Å². The van der Waals surface area contributed by atoms with E-state index in [2.05, 4.69) is 71.3 Å². The van der Waals surface area contributed by atoms with Crippen molar-refractivity contribution in [1.29, 1.82) is 0 Å². The second-order valence-corrected chi connectivity index (χ2v) is 12.2. The highest BCUT2D eigenvalue weighted by Gasteiger charge is 2.36. The van der Waals surface area contributed by atoms with E-state index in [0.29, 0.717) is 23.8 Å². The van der Waals surface area contributed by atoms with Crippen molar-refractivity contribution in [3.8, 4) is 0 Å². The molecule has 0 bridgehead atoms. The number of anilines is 1. The molecule has 0 aliphatic carbocycles. The van der Waals surface area contributed by atoms with E-state index in [1.54, 1.807) is 6.33 Å². The molecular weight excluding hydrogens is 512 g/mol. The Hall–Kier alpha value is -2.75. The second kappa shape index (κ2) is 10.7. The summed E-state index contributed by atoms with van der Waals surface area (Å²) in [5, 5.41) is 9.33. The highest BCUT2D eigenvalue weighted by Crippen LogP contribution is 2.36. The SMILES string of the molecule is Cc1nc2c(N3C[C@@H](C)N(C(CC(C)C)c4ccc(Cl)cc4)C[C@@H]3C)nc3nncn3c2n1C[C@@H]1CCCO1. The third kappa shape index (κ3) is 5.00. The highest BCUT2D eigenvalue weighted by molar-refractivity contribution is 6.30. The normalized spacial score (nSPS) is 23.5. The molecule has 0 spiro atoms. The third-order valence-corrected chi connectivity index (χ3v) is 8.63. The fourth-order valence-corrected chi connectivity index (χ4v) is 6.56. The molecule has 6 rings (SSSR count). The molecule has 0 saturated carbocycles. The molecule has 4 aromatic rings. The zero-order chi connectivity index (χ0) is 27.3. The summed E-state index contributed by atoms with van der Waals surface area (Å²) in [5.41, 5.74) is 3.23. The van der Waals surface area contributed by atoms with Crippen molar-refractivity contribution in [2.24, 2.45) is 5.92 Å². The van der Waals surface area contributed by atoms with E-state index in [4.69, 9.17) is 26.3 Å². The number of imidazole rings is 1. The molecule has 2 aliphatic rings. The first-order valence-electron chi connectivity index (χ1n) is 14.3. The molecule has 39 heavy (non-hydrogen) atoms. The Balaban J connectivity index is 1.36. The molecule has 9 nitrogen and oxygen atoms in total. The summed E-state index contributed by atoms with van der Waals surface area (Å²) in [5.74, 6) is 3.04. The van der Waals surface area contributed by atoms with Crippen LogP contribution in [0.15, 0.2) is 30.6 Å². The number of fused-ring (bicyclic) bond motifs is 3. The Kier molecular flexibility index (Phi) is 7.24. The van der Waals surface area contributed by atoms with Crippen molar-refractivity contribution in [2.75, 3.05) is 24.6 Å². The molecular formula is C29H39ClN8O. The lowest BCUT2D eigenvalue weighted by Gasteiger charge is -2.48. The quantitative estimate of drug-likeness (QED) is 0.309. The third-order valence-electron chi connectivity index (χ3n) is 8.37. The lowest BCUT2D eigenvalue weighted by atomic mass is 9.92. The first-order valence-corrected chi connectivity index (χ1v) is 14.6. The van der Waals surface area contributed by atoms with Crippen LogP contribution in [-0.2, 0) is 11.3 Å². The summed E-state index contributed by atoms with van der Waals surface area (Å²) in [4.78, 5) is 15.2. The second-order valence-electron chi connectivity index (χ2n) is 11.8. The monoisotopic (exact) mass is 550 g/mol. The average Bonchev–Trinajstić information content (AvgIpc) is 3.65. The number of piperazine rings is 1. The van der Waals surface area contributed by atoms with Gasteiger partial charge in [-0.25, -0.2) is 9.38 Å². The molecule has 2 aliphatic heterocycles. The molecule has 0 amide bonds. The van der Waals surface area contributed by atoms with Gasteiger partial charge in [0.15, 0.2) is 11.5 Å². The summed E-state index contributed by atoms with van der Waals surface area (Å²) in [7, 11) is 0. The van der Waals surface area contributed by atoms with Gasteiger partial charge in [-0.15, -0.1) is 10.2 Å². The van der Waals surface area contributed by atoms with Crippen LogP contribution < -0.4 is 4.90 Å². The van der Waals surface area contributed by atoms with Crippen LogP contribution in [0.1, 0.15) is 64.4 Å². The van der Waals surface area contributed by atoms with Crippen molar-refractivity contribution in [2.45, 2.75) is 84.7 Å². The first-order chi connectivity index (χ1) is 18.8. The fourth-order valence-electron chi connectivity index (χ4n) is 6.44. The minimum atomic E-state index is 0.206. The maximum atomic E-state index is 6.23. The first kappa shape index (κ1) is 26.5. The van der Waals surface area contributed by atoms with Crippen LogP contribution in [0.2, 0.25) is 5.02 Å². The van der Waals surface area contributed by atoms with Crippen molar-refractivity contribution >= 4 is 34.4 Å². The van der Waals surface area contributed by atoms with Crippen LogP contribution >= 0.6 is 11.6 Å². The maximum absolute atomic E-state index is 6.23. The molecule has 1 aromatic carbocycles. The number of rotatable bonds is 7.